The van der Waals surface area contributed by atoms with E-state index in [4.69, 9.17) is 5.73 Å². The van der Waals surface area contributed by atoms with Gasteiger partial charge in [-0.05, 0) is 49.9 Å². The monoisotopic (exact) mass is 394 g/mol. The molecule has 1 aliphatic heterocycles. The molecule has 1 fully saturated rings. The summed E-state index contributed by atoms with van der Waals surface area (Å²) >= 11 is 1.67. The molecule has 2 atom stereocenters. The van der Waals surface area contributed by atoms with E-state index in [0.29, 0.717) is 5.92 Å². The molecule has 6 heteroatoms. The second kappa shape index (κ2) is 8.37. The van der Waals surface area contributed by atoms with Gasteiger partial charge in [-0.3, -0.25) is 4.79 Å². The number of likely N-dealkylation sites (tertiary alicyclic amines) is 1. The number of aromatic nitrogens is 2. The van der Waals surface area contributed by atoms with Crippen LogP contribution in [-0.4, -0.2) is 39.3 Å². The highest BCUT2D eigenvalue weighted by Crippen LogP contribution is 2.29. The Morgan fingerprint density at radius 1 is 1.29 bits per heavy atom. The van der Waals surface area contributed by atoms with E-state index in [2.05, 4.69) is 4.98 Å². The molecule has 1 saturated heterocycles. The van der Waals surface area contributed by atoms with E-state index in [-0.39, 0.29) is 11.9 Å². The predicted molar refractivity (Wildman–Crippen MR) is 113 cm³/mol. The van der Waals surface area contributed by atoms with Crippen LogP contribution in [0.25, 0.3) is 5.65 Å². The van der Waals surface area contributed by atoms with Crippen LogP contribution in [0.2, 0.25) is 0 Å². The van der Waals surface area contributed by atoms with Crippen molar-refractivity contribution in [1.29, 1.82) is 0 Å². The fraction of sp³-hybridized carbons (Fsp3) is 0.364. The minimum atomic E-state index is 0.114. The zero-order valence-corrected chi connectivity index (χ0v) is 16.9. The summed E-state index contributed by atoms with van der Waals surface area (Å²) in [5.74, 6) is 1.23. The molecule has 5 nitrogen and oxygen atoms in total. The molecule has 0 saturated carbocycles. The highest BCUT2D eigenvalue weighted by atomic mass is 32.2. The van der Waals surface area contributed by atoms with Crippen molar-refractivity contribution in [3.8, 4) is 0 Å². The van der Waals surface area contributed by atoms with Crippen LogP contribution in [0.3, 0.4) is 0 Å². The lowest BCUT2D eigenvalue weighted by molar-refractivity contribution is 0.0657. The zero-order valence-electron chi connectivity index (χ0n) is 16.1. The number of amides is 1. The van der Waals surface area contributed by atoms with E-state index in [1.54, 1.807) is 11.8 Å². The Labute approximate surface area is 169 Å². The number of pyridine rings is 1. The lowest BCUT2D eigenvalue weighted by Crippen LogP contribution is -2.45. The number of nitrogens with two attached hydrogens (primary N) is 1. The summed E-state index contributed by atoms with van der Waals surface area (Å²) in [7, 11) is 0. The summed E-state index contributed by atoms with van der Waals surface area (Å²) < 4.78 is 2.02. The van der Waals surface area contributed by atoms with Crippen molar-refractivity contribution in [2.24, 2.45) is 11.7 Å². The van der Waals surface area contributed by atoms with Crippen LogP contribution >= 0.6 is 11.8 Å². The Morgan fingerprint density at radius 2 is 2.11 bits per heavy atom. The number of piperidine rings is 1. The zero-order chi connectivity index (χ0) is 19.5. The SMILES string of the molecule is CC(N)C1CCCN(C(=O)c2ccccc2SCc2cn3ccccc3n2)C1. The van der Waals surface area contributed by atoms with Crippen molar-refractivity contribution in [2.75, 3.05) is 13.1 Å². The van der Waals surface area contributed by atoms with Gasteiger partial charge in [0.2, 0.25) is 0 Å². The maximum absolute atomic E-state index is 13.2. The first kappa shape index (κ1) is 19.0. The van der Waals surface area contributed by atoms with Crippen molar-refractivity contribution in [3.63, 3.8) is 0 Å². The van der Waals surface area contributed by atoms with Crippen LogP contribution in [0.15, 0.2) is 59.8 Å². The summed E-state index contributed by atoms with van der Waals surface area (Å²) in [5.41, 5.74) is 8.82. The molecule has 0 aliphatic carbocycles. The van der Waals surface area contributed by atoms with Crippen LogP contribution in [0.1, 0.15) is 35.8 Å². The number of nitrogens with zero attached hydrogens (tertiary/aromatic N) is 3. The van der Waals surface area contributed by atoms with Crippen molar-refractivity contribution < 1.29 is 4.79 Å². The van der Waals surface area contributed by atoms with Gasteiger partial charge >= 0.3 is 0 Å². The molecule has 2 N–H and O–H groups in total. The quantitative estimate of drug-likeness (QED) is 0.668. The minimum absolute atomic E-state index is 0.114. The lowest BCUT2D eigenvalue weighted by Gasteiger charge is -2.35. The van der Waals surface area contributed by atoms with Crippen LogP contribution < -0.4 is 5.73 Å². The van der Waals surface area contributed by atoms with Gasteiger partial charge in [0.05, 0.1) is 11.3 Å². The molecule has 0 bridgehead atoms. The smallest absolute Gasteiger partial charge is 0.254 e. The third-order valence-electron chi connectivity index (χ3n) is 5.40. The Balaban J connectivity index is 1.49. The summed E-state index contributed by atoms with van der Waals surface area (Å²) in [6.07, 6.45) is 6.17. The maximum atomic E-state index is 13.2. The fourth-order valence-electron chi connectivity index (χ4n) is 3.77. The number of benzene rings is 1. The van der Waals surface area contributed by atoms with Crippen molar-refractivity contribution in [3.05, 3.63) is 66.1 Å². The number of hydrogen-bond acceptors (Lipinski definition) is 4. The second-order valence-electron chi connectivity index (χ2n) is 7.50. The van der Waals surface area contributed by atoms with Crippen molar-refractivity contribution in [1.82, 2.24) is 14.3 Å². The highest BCUT2D eigenvalue weighted by Gasteiger charge is 2.27. The van der Waals surface area contributed by atoms with E-state index >= 15 is 0 Å². The lowest BCUT2D eigenvalue weighted by atomic mass is 9.92. The summed E-state index contributed by atoms with van der Waals surface area (Å²) in [6, 6.07) is 14.0. The van der Waals surface area contributed by atoms with Gasteiger partial charge in [0, 0.05) is 42.2 Å². The fourth-order valence-corrected chi connectivity index (χ4v) is 4.70. The first-order valence-corrected chi connectivity index (χ1v) is 10.8. The number of carbonyl (C=O) groups is 1. The molecule has 1 amide bonds. The number of carbonyl (C=O) groups excluding carboxylic acids is 1. The molecule has 146 valence electrons. The van der Waals surface area contributed by atoms with E-state index in [9.17, 15) is 4.79 Å². The molecule has 3 aromatic rings. The Kier molecular flexibility index (Phi) is 5.69. The summed E-state index contributed by atoms with van der Waals surface area (Å²) in [6.45, 7) is 3.60. The van der Waals surface area contributed by atoms with Gasteiger partial charge in [0.15, 0.2) is 0 Å². The molecule has 3 heterocycles. The van der Waals surface area contributed by atoms with Gasteiger partial charge in [-0.1, -0.05) is 18.2 Å². The topological polar surface area (TPSA) is 63.6 Å². The minimum Gasteiger partial charge on any atom is -0.338 e. The molecule has 1 aliphatic rings. The van der Waals surface area contributed by atoms with Gasteiger partial charge in [-0.15, -0.1) is 11.8 Å². The number of hydrogen-bond donors (Lipinski definition) is 1. The maximum Gasteiger partial charge on any atom is 0.254 e. The molecule has 0 spiro atoms. The molecule has 0 radical (unpaired) electrons. The highest BCUT2D eigenvalue weighted by molar-refractivity contribution is 7.98. The van der Waals surface area contributed by atoms with Gasteiger partial charge < -0.3 is 15.0 Å². The second-order valence-corrected chi connectivity index (χ2v) is 8.51. The molecular formula is C22H26N4OS. The molecule has 28 heavy (non-hydrogen) atoms. The van der Waals surface area contributed by atoms with Crippen molar-refractivity contribution in [2.45, 2.75) is 36.5 Å². The normalized spacial score (nSPS) is 18.4. The van der Waals surface area contributed by atoms with E-state index < -0.39 is 0 Å². The molecule has 2 aromatic heterocycles. The van der Waals surface area contributed by atoms with E-state index in [1.165, 1.54) is 0 Å². The summed E-state index contributed by atoms with van der Waals surface area (Å²) in [4.78, 5) is 20.8. The van der Waals surface area contributed by atoms with Crippen molar-refractivity contribution >= 4 is 23.3 Å². The van der Waals surface area contributed by atoms with Gasteiger partial charge in [-0.2, -0.15) is 0 Å². The third kappa shape index (κ3) is 4.08. The first-order chi connectivity index (χ1) is 13.6. The van der Waals surface area contributed by atoms with Crippen LogP contribution in [-0.2, 0) is 5.75 Å². The number of rotatable bonds is 5. The van der Waals surface area contributed by atoms with E-state index in [1.807, 2.05) is 71.1 Å². The van der Waals surface area contributed by atoms with Crippen LogP contribution in [0.4, 0.5) is 0 Å². The number of fused-ring (bicyclic) bond motifs is 1. The standard InChI is InChI=1S/C22H26N4OS/c1-16(23)17-7-6-12-26(13-17)22(27)19-8-2-3-9-20(19)28-15-18-14-25-11-5-4-10-21(25)24-18/h2-5,8-11,14,16-17H,6-7,12-13,15,23H2,1H3. The number of imidazole rings is 1. The van der Waals surface area contributed by atoms with Gasteiger partial charge in [0.25, 0.3) is 5.91 Å². The Hall–Kier alpha value is -2.31. The average Bonchev–Trinajstić information content (AvgIpc) is 3.15. The molecule has 1 aromatic carbocycles. The molecule has 4 rings (SSSR count). The summed E-state index contributed by atoms with van der Waals surface area (Å²) in [5, 5.41) is 0. The van der Waals surface area contributed by atoms with Crippen LogP contribution in [0.5, 0.6) is 0 Å². The average molecular weight is 395 g/mol. The Morgan fingerprint density at radius 3 is 2.93 bits per heavy atom. The van der Waals surface area contributed by atoms with E-state index in [0.717, 1.165) is 53.5 Å². The molecular weight excluding hydrogens is 368 g/mol. The number of thioether (sulfide) groups is 1. The predicted octanol–water partition coefficient (Wildman–Crippen LogP) is 3.83. The largest absolute Gasteiger partial charge is 0.338 e. The first-order valence-electron chi connectivity index (χ1n) is 9.81. The Bertz CT molecular complexity index is 935. The molecule has 2 unspecified atom stereocenters. The third-order valence-corrected chi connectivity index (χ3v) is 6.50. The van der Waals surface area contributed by atoms with Gasteiger partial charge in [0.1, 0.15) is 5.65 Å². The van der Waals surface area contributed by atoms with Crippen LogP contribution in [0, 0.1) is 5.92 Å². The van der Waals surface area contributed by atoms with Gasteiger partial charge in [-0.25, -0.2) is 4.98 Å².